The number of carbonyl (C=O) groups is 1. The molecule has 3 aliphatic rings. The number of amides is 1. The Hall–Kier alpha value is -1.69. The van der Waals surface area contributed by atoms with E-state index in [0.717, 1.165) is 24.2 Å². The van der Waals surface area contributed by atoms with Crippen molar-refractivity contribution in [2.75, 3.05) is 0 Å². The summed E-state index contributed by atoms with van der Waals surface area (Å²) in [5.41, 5.74) is -0.109. The zero-order valence-corrected chi connectivity index (χ0v) is 13.6. The van der Waals surface area contributed by atoms with E-state index in [1.807, 2.05) is 5.38 Å². The smallest absolute Gasteiger partial charge is 0.271 e. The third-order valence-corrected chi connectivity index (χ3v) is 7.10. The van der Waals surface area contributed by atoms with Gasteiger partial charge in [0.15, 0.2) is 4.96 Å². The Balaban J connectivity index is 1.39. The van der Waals surface area contributed by atoms with Crippen molar-refractivity contribution in [3.8, 4) is 0 Å². The number of thiazole rings is 1. The predicted octanol–water partition coefficient (Wildman–Crippen LogP) is 2.31. The Labute approximate surface area is 137 Å². The first-order valence-electron chi connectivity index (χ1n) is 8.48. The second-order valence-electron chi connectivity index (χ2n) is 7.27. The Morgan fingerprint density at radius 2 is 2.13 bits per heavy atom. The Kier molecular flexibility index (Phi) is 2.92. The number of nitrogens with one attached hydrogen (secondary N) is 1. The summed E-state index contributed by atoms with van der Waals surface area (Å²) in [5, 5.41) is 4.96. The van der Waals surface area contributed by atoms with E-state index in [0.29, 0.717) is 10.9 Å². The highest BCUT2D eigenvalue weighted by atomic mass is 32.1. The lowest BCUT2D eigenvalue weighted by atomic mass is 9.79. The summed E-state index contributed by atoms with van der Waals surface area (Å²) in [5.74, 6) is 2.86. The minimum absolute atomic E-state index is 0.159. The second kappa shape index (κ2) is 4.90. The number of carbonyl (C=O) groups excluding carboxylic acids is 1. The quantitative estimate of drug-likeness (QED) is 0.919. The summed E-state index contributed by atoms with van der Waals surface area (Å²) < 4.78 is 1.45. The van der Waals surface area contributed by atoms with E-state index in [9.17, 15) is 9.59 Å². The fourth-order valence-corrected chi connectivity index (χ4v) is 6.14. The van der Waals surface area contributed by atoms with Gasteiger partial charge in [-0.1, -0.05) is 6.42 Å². The Morgan fingerprint density at radius 1 is 1.26 bits per heavy atom. The lowest BCUT2D eigenvalue weighted by molar-refractivity contribution is 0.0899. The number of hydrogen-bond donors (Lipinski definition) is 1. The number of nitrogens with zero attached hydrogens (tertiary/aromatic N) is 2. The van der Waals surface area contributed by atoms with Gasteiger partial charge in [-0.2, -0.15) is 0 Å². The molecule has 2 aromatic rings. The predicted molar refractivity (Wildman–Crippen MR) is 87.6 cm³/mol. The summed E-state index contributed by atoms with van der Waals surface area (Å²) in [6.45, 7) is 0. The van der Waals surface area contributed by atoms with Crippen LogP contribution in [0.3, 0.4) is 0 Å². The standard InChI is InChI=1S/C17H19N3O2S/c21-15(13-8-18-17-20(16(13)22)4-5-23-17)19-14-7-9-6-12(14)11-3-1-2-10(9)11/h4-5,8-12,14H,1-3,6-7H2,(H,19,21)/t9-,10-,11+,12+,14-/m1/s1. The summed E-state index contributed by atoms with van der Waals surface area (Å²) in [7, 11) is 0. The second-order valence-corrected chi connectivity index (χ2v) is 8.14. The molecule has 2 aromatic heterocycles. The minimum atomic E-state index is -0.268. The fourth-order valence-electron chi connectivity index (χ4n) is 5.46. The van der Waals surface area contributed by atoms with E-state index >= 15 is 0 Å². The van der Waals surface area contributed by atoms with Crippen LogP contribution in [0.25, 0.3) is 4.96 Å². The van der Waals surface area contributed by atoms with Gasteiger partial charge in [0.05, 0.1) is 0 Å². The molecule has 2 heterocycles. The minimum Gasteiger partial charge on any atom is -0.349 e. The van der Waals surface area contributed by atoms with Crippen molar-refractivity contribution in [2.24, 2.45) is 23.7 Å². The molecule has 0 saturated heterocycles. The van der Waals surface area contributed by atoms with E-state index < -0.39 is 0 Å². The SMILES string of the molecule is O=C(N[C@@H]1C[C@H]2C[C@H]1[C@H]1CCC[C@H]21)c1cnc2sccn2c1=O. The largest absolute Gasteiger partial charge is 0.349 e. The van der Waals surface area contributed by atoms with Gasteiger partial charge in [-0.3, -0.25) is 14.0 Å². The van der Waals surface area contributed by atoms with Crippen LogP contribution < -0.4 is 10.9 Å². The maximum absolute atomic E-state index is 12.6. The average Bonchev–Trinajstić information content (AvgIpc) is 3.29. The third kappa shape index (κ3) is 1.94. The summed E-state index contributed by atoms with van der Waals surface area (Å²) in [4.78, 5) is 29.9. The molecule has 3 saturated carbocycles. The molecular weight excluding hydrogens is 310 g/mol. The number of rotatable bonds is 2. The third-order valence-electron chi connectivity index (χ3n) is 6.33. The van der Waals surface area contributed by atoms with Gasteiger partial charge in [-0.05, 0) is 49.4 Å². The fraction of sp³-hybridized carbons (Fsp3) is 0.588. The molecule has 5 nitrogen and oxygen atoms in total. The summed E-state index contributed by atoms with van der Waals surface area (Å²) in [6.07, 6.45) is 9.51. The van der Waals surface area contributed by atoms with Crippen molar-refractivity contribution in [1.82, 2.24) is 14.7 Å². The van der Waals surface area contributed by atoms with Crippen molar-refractivity contribution in [2.45, 2.75) is 38.1 Å². The first-order chi connectivity index (χ1) is 11.2. The maximum atomic E-state index is 12.6. The van der Waals surface area contributed by atoms with Gasteiger partial charge in [0.1, 0.15) is 5.56 Å². The van der Waals surface area contributed by atoms with E-state index in [1.54, 1.807) is 6.20 Å². The molecule has 0 unspecified atom stereocenters. The molecule has 2 bridgehead atoms. The van der Waals surface area contributed by atoms with Crippen molar-refractivity contribution < 1.29 is 4.79 Å². The van der Waals surface area contributed by atoms with Crippen LogP contribution in [0.1, 0.15) is 42.5 Å². The number of aromatic nitrogens is 2. The van der Waals surface area contributed by atoms with Gasteiger partial charge >= 0.3 is 0 Å². The van der Waals surface area contributed by atoms with Crippen LogP contribution in [0.5, 0.6) is 0 Å². The van der Waals surface area contributed by atoms with E-state index in [-0.39, 0.29) is 23.1 Å². The lowest BCUT2D eigenvalue weighted by Gasteiger charge is -2.32. The molecule has 1 amide bonds. The zero-order chi connectivity index (χ0) is 15.6. The Bertz CT molecular complexity index is 842. The monoisotopic (exact) mass is 329 g/mol. The van der Waals surface area contributed by atoms with Crippen molar-refractivity contribution >= 4 is 22.2 Å². The van der Waals surface area contributed by atoms with Crippen molar-refractivity contribution in [3.05, 3.63) is 33.7 Å². The summed E-state index contributed by atoms with van der Waals surface area (Å²) in [6, 6.07) is 0.245. The molecule has 1 N–H and O–H groups in total. The number of hydrogen-bond acceptors (Lipinski definition) is 4. The van der Waals surface area contributed by atoms with Crippen LogP contribution >= 0.6 is 11.3 Å². The zero-order valence-electron chi connectivity index (χ0n) is 12.8. The molecule has 0 radical (unpaired) electrons. The molecule has 5 atom stereocenters. The molecule has 5 rings (SSSR count). The molecular formula is C17H19N3O2S. The van der Waals surface area contributed by atoms with Crippen LogP contribution in [0, 0.1) is 23.7 Å². The molecule has 0 aliphatic heterocycles. The Morgan fingerprint density at radius 3 is 3.04 bits per heavy atom. The van der Waals surface area contributed by atoms with Gasteiger partial charge in [-0.15, -0.1) is 11.3 Å². The first kappa shape index (κ1) is 13.7. The average molecular weight is 329 g/mol. The van der Waals surface area contributed by atoms with Crippen molar-refractivity contribution in [3.63, 3.8) is 0 Å². The van der Waals surface area contributed by atoms with Gasteiger partial charge < -0.3 is 5.32 Å². The van der Waals surface area contributed by atoms with Crippen LogP contribution in [0.4, 0.5) is 0 Å². The van der Waals surface area contributed by atoms with Crippen LogP contribution in [0.2, 0.25) is 0 Å². The highest BCUT2D eigenvalue weighted by molar-refractivity contribution is 7.15. The number of fused-ring (bicyclic) bond motifs is 6. The highest BCUT2D eigenvalue weighted by Crippen LogP contribution is 2.58. The van der Waals surface area contributed by atoms with Gasteiger partial charge in [0, 0.05) is 23.8 Å². The van der Waals surface area contributed by atoms with E-state index in [1.165, 1.54) is 47.6 Å². The molecule has 23 heavy (non-hydrogen) atoms. The van der Waals surface area contributed by atoms with Crippen LogP contribution in [-0.2, 0) is 0 Å². The van der Waals surface area contributed by atoms with Crippen LogP contribution in [-0.4, -0.2) is 21.3 Å². The molecule has 3 fully saturated rings. The molecule has 6 heteroatoms. The summed E-state index contributed by atoms with van der Waals surface area (Å²) >= 11 is 1.40. The molecule has 3 aliphatic carbocycles. The van der Waals surface area contributed by atoms with E-state index in [2.05, 4.69) is 10.3 Å². The normalized spacial score (nSPS) is 34.9. The maximum Gasteiger partial charge on any atom is 0.271 e. The molecule has 0 aromatic carbocycles. The van der Waals surface area contributed by atoms with Gasteiger partial charge in [0.2, 0.25) is 0 Å². The lowest BCUT2D eigenvalue weighted by Crippen LogP contribution is -2.44. The highest BCUT2D eigenvalue weighted by Gasteiger charge is 2.54. The van der Waals surface area contributed by atoms with Crippen molar-refractivity contribution in [1.29, 1.82) is 0 Å². The van der Waals surface area contributed by atoms with Crippen LogP contribution in [0.15, 0.2) is 22.6 Å². The first-order valence-corrected chi connectivity index (χ1v) is 9.36. The molecule has 120 valence electrons. The van der Waals surface area contributed by atoms with Gasteiger partial charge in [-0.25, -0.2) is 4.98 Å². The molecule has 0 spiro atoms. The topological polar surface area (TPSA) is 63.5 Å². The van der Waals surface area contributed by atoms with Gasteiger partial charge in [0.25, 0.3) is 11.5 Å². The van der Waals surface area contributed by atoms with E-state index in [4.69, 9.17) is 0 Å².